The normalized spacial score (nSPS) is 10.2. The highest BCUT2D eigenvalue weighted by molar-refractivity contribution is 14.1. The molecule has 16 heavy (non-hydrogen) atoms. The Morgan fingerprint density at radius 1 is 1.12 bits per heavy atom. The maximum Gasteiger partial charge on any atom is 0.214 e. The number of rotatable bonds is 2. The molecule has 0 atom stereocenters. The summed E-state index contributed by atoms with van der Waals surface area (Å²) in [5, 5.41) is 2.91. The van der Waals surface area contributed by atoms with Gasteiger partial charge in [0.05, 0.1) is 5.69 Å². The molecule has 0 spiro atoms. The van der Waals surface area contributed by atoms with Crippen molar-refractivity contribution >= 4 is 34.1 Å². The average Bonchev–Trinajstić information content (AvgIpc) is 2.22. The largest absolute Gasteiger partial charge is 0.339 e. The maximum atomic E-state index is 12.8. The fourth-order valence-electron chi connectivity index (χ4n) is 1.21. The first-order valence-corrected chi connectivity index (χ1v) is 5.57. The van der Waals surface area contributed by atoms with Crippen LogP contribution in [0.5, 0.6) is 0 Å². The van der Waals surface area contributed by atoms with Crippen molar-refractivity contribution < 1.29 is 8.78 Å². The Labute approximate surface area is 105 Å². The van der Waals surface area contributed by atoms with E-state index in [1.807, 2.05) is 22.6 Å². The van der Waals surface area contributed by atoms with Crippen molar-refractivity contribution in [1.82, 2.24) is 4.98 Å². The van der Waals surface area contributed by atoms with E-state index in [2.05, 4.69) is 10.3 Å². The summed E-state index contributed by atoms with van der Waals surface area (Å²) in [4.78, 5) is 3.66. The van der Waals surface area contributed by atoms with Crippen molar-refractivity contribution in [3.05, 3.63) is 51.7 Å². The van der Waals surface area contributed by atoms with E-state index in [4.69, 9.17) is 0 Å². The van der Waals surface area contributed by atoms with Crippen LogP contribution >= 0.6 is 22.6 Å². The number of pyridine rings is 1. The van der Waals surface area contributed by atoms with Crippen molar-refractivity contribution in [2.45, 2.75) is 0 Å². The zero-order chi connectivity index (χ0) is 11.5. The predicted molar refractivity (Wildman–Crippen MR) is 66.6 cm³/mol. The molecule has 0 saturated heterocycles. The fourth-order valence-corrected chi connectivity index (χ4v) is 1.82. The molecule has 0 aliphatic carbocycles. The Morgan fingerprint density at radius 3 is 2.62 bits per heavy atom. The molecule has 2 aromatic rings. The van der Waals surface area contributed by atoms with Gasteiger partial charge in [-0.05, 0) is 52.9 Å². The van der Waals surface area contributed by atoms with Crippen LogP contribution in [0.15, 0.2) is 36.4 Å². The first-order chi connectivity index (χ1) is 7.65. The molecule has 1 N–H and O–H groups in total. The van der Waals surface area contributed by atoms with Crippen LogP contribution in [0.25, 0.3) is 0 Å². The van der Waals surface area contributed by atoms with Gasteiger partial charge in [-0.1, -0.05) is 6.07 Å². The molecular formula is C11H7F2IN2. The maximum absolute atomic E-state index is 12.8. The molecule has 0 aliphatic rings. The quantitative estimate of drug-likeness (QED) is 0.670. The van der Waals surface area contributed by atoms with Gasteiger partial charge in [-0.3, -0.25) is 0 Å². The van der Waals surface area contributed by atoms with Crippen molar-refractivity contribution in [1.29, 1.82) is 0 Å². The van der Waals surface area contributed by atoms with Crippen LogP contribution < -0.4 is 5.32 Å². The molecule has 2 rings (SSSR count). The Kier molecular flexibility index (Phi) is 3.33. The molecular weight excluding hydrogens is 325 g/mol. The van der Waals surface area contributed by atoms with Gasteiger partial charge >= 0.3 is 0 Å². The summed E-state index contributed by atoms with van der Waals surface area (Å²) in [7, 11) is 0. The number of halogens is 3. The number of nitrogens with zero attached hydrogens (tertiary/aromatic N) is 1. The number of aromatic nitrogens is 1. The van der Waals surface area contributed by atoms with Gasteiger partial charge in [0.2, 0.25) is 5.95 Å². The predicted octanol–water partition coefficient (Wildman–Crippen LogP) is 3.71. The van der Waals surface area contributed by atoms with Gasteiger partial charge < -0.3 is 5.32 Å². The second kappa shape index (κ2) is 4.73. The van der Waals surface area contributed by atoms with Crippen LogP contribution in [0.1, 0.15) is 0 Å². The summed E-state index contributed by atoms with van der Waals surface area (Å²) in [5.74, 6) is -0.464. The summed E-state index contributed by atoms with van der Waals surface area (Å²) >= 11 is 2.00. The van der Waals surface area contributed by atoms with Crippen molar-refractivity contribution in [3.63, 3.8) is 0 Å². The SMILES string of the molecule is Fc1ccc(Nc2cccc(F)n2)c(I)c1. The van der Waals surface area contributed by atoms with E-state index in [1.165, 1.54) is 18.2 Å². The van der Waals surface area contributed by atoms with E-state index in [1.54, 1.807) is 18.2 Å². The molecule has 0 aliphatic heterocycles. The highest BCUT2D eigenvalue weighted by atomic mass is 127. The summed E-state index contributed by atoms with van der Waals surface area (Å²) in [6, 6.07) is 8.78. The van der Waals surface area contributed by atoms with Crippen LogP contribution in [0.2, 0.25) is 0 Å². The van der Waals surface area contributed by atoms with E-state index in [9.17, 15) is 8.78 Å². The monoisotopic (exact) mass is 332 g/mol. The lowest BCUT2D eigenvalue weighted by atomic mass is 10.3. The second-order valence-electron chi connectivity index (χ2n) is 3.09. The third-order valence-corrected chi connectivity index (χ3v) is 2.80. The van der Waals surface area contributed by atoms with Gasteiger partial charge in [-0.15, -0.1) is 0 Å². The Balaban J connectivity index is 2.27. The number of benzene rings is 1. The molecule has 2 nitrogen and oxygen atoms in total. The van der Waals surface area contributed by atoms with Crippen LogP contribution in [-0.2, 0) is 0 Å². The lowest BCUT2D eigenvalue weighted by Crippen LogP contribution is -1.97. The van der Waals surface area contributed by atoms with Gasteiger partial charge in [0.15, 0.2) is 0 Å². The van der Waals surface area contributed by atoms with Crippen LogP contribution in [0, 0.1) is 15.3 Å². The first-order valence-electron chi connectivity index (χ1n) is 4.50. The van der Waals surface area contributed by atoms with E-state index in [0.29, 0.717) is 15.1 Å². The minimum atomic E-state index is -0.554. The number of hydrogen-bond acceptors (Lipinski definition) is 2. The van der Waals surface area contributed by atoms with E-state index < -0.39 is 5.95 Å². The minimum absolute atomic E-state index is 0.304. The standard InChI is InChI=1S/C11H7F2IN2/c12-7-4-5-9(8(14)6-7)15-11-3-1-2-10(13)16-11/h1-6H,(H,15,16). The highest BCUT2D eigenvalue weighted by Gasteiger charge is 2.03. The molecule has 0 unspecified atom stereocenters. The van der Waals surface area contributed by atoms with E-state index in [0.717, 1.165) is 0 Å². The average molecular weight is 332 g/mol. The lowest BCUT2D eigenvalue weighted by Gasteiger charge is -2.07. The topological polar surface area (TPSA) is 24.9 Å². The molecule has 0 radical (unpaired) electrons. The van der Waals surface area contributed by atoms with E-state index in [-0.39, 0.29) is 5.82 Å². The first kappa shape index (κ1) is 11.3. The summed E-state index contributed by atoms with van der Waals surface area (Å²) in [5.41, 5.74) is 0.695. The molecule has 1 aromatic carbocycles. The van der Waals surface area contributed by atoms with Crippen molar-refractivity contribution in [2.75, 3.05) is 5.32 Å². The second-order valence-corrected chi connectivity index (χ2v) is 4.26. The van der Waals surface area contributed by atoms with Gasteiger partial charge in [-0.25, -0.2) is 9.37 Å². The lowest BCUT2D eigenvalue weighted by molar-refractivity contribution is 0.585. The fraction of sp³-hybridized carbons (Fsp3) is 0. The Bertz CT molecular complexity index is 517. The summed E-state index contributed by atoms with van der Waals surface area (Å²) in [6.45, 7) is 0. The Morgan fingerprint density at radius 2 is 1.94 bits per heavy atom. The third-order valence-electron chi connectivity index (χ3n) is 1.91. The molecule has 0 amide bonds. The highest BCUT2D eigenvalue weighted by Crippen LogP contribution is 2.22. The molecule has 5 heteroatoms. The van der Waals surface area contributed by atoms with Crippen LogP contribution in [0.4, 0.5) is 20.3 Å². The third kappa shape index (κ3) is 2.66. The Hall–Kier alpha value is -1.24. The van der Waals surface area contributed by atoms with Crippen molar-refractivity contribution in [2.24, 2.45) is 0 Å². The summed E-state index contributed by atoms with van der Waals surface area (Å²) < 4.78 is 26.4. The molecule has 0 fully saturated rings. The minimum Gasteiger partial charge on any atom is -0.339 e. The zero-order valence-corrected chi connectivity index (χ0v) is 10.2. The molecule has 82 valence electrons. The van der Waals surface area contributed by atoms with Gasteiger partial charge in [0.1, 0.15) is 11.6 Å². The smallest absolute Gasteiger partial charge is 0.214 e. The van der Waals surface area contributed by atoms with Crippen LogP contribution in [-0.4, -0.2) is 4.98 Å². The van der Waals surface area contributed by atoms with Crippen molar-refractivity contribution in [3.8, 4) is 0 Å². The number of hydrogen-bond donors (Lipinski definition) is 1. The van der Waals surface area contributed by atoms with E-state index >= 15 is 0 Å². The van der Waals surface area contributed by atoms with Gasteiger partial charge in [-0.2, -0.15) is 4.39 Å². The number of nitrogens with one attached hydrogen (secondary N) is 1. The molecule has 0 saturated carbocycles. The number of anilines is 2. The molecule has 0 bridgehead atoms. The molecule has 1 heterocycles. The summed E-state index contributed by atoms with van der Waals surface area (Å²) in [6.07, 6.45) is 0. The molecule has 1 aromatic heterocycles. The van der Waals surface area contributed by atoms with Gasteiger partial charge in [0.25, 0.3) is 0 Å². The van der Waals surface area contributed by atoms with Crippen LogP contribution in [0.3, 0.4) is 0 Å². The zero-order valence-electron chi connectivity index (χ0n) is 8.05. The van der Waals surface area contributed by atoms with Gasteiger partial charge in [0, 0.05) is 3.57 Å².